The van der Waals surface area contributed by atoms with E-state index in [1.54, 1.807) is 0 Å². The molecule has 0 aliphatic carbocycles. The fourth-order valence-electron chi connectivity index (χ4n) is 4.42. The average molecular weight is 379 g/mol. The van der Waals surface area contributed by atoms with E-state index in [4.69, 9.17) is 4.99 Å². The number of aliphatic imine (C=N–C) groups is 2. The molecular formula is C27H26N2. The van der Waals surface area contributed by atoms with E-state index in [1.165, 1.54) is 50.4 Å². The third-order valence-electron chi connectivity index (χ3n) is 6.07. The van der Waals surface area contributed by atoms with E-state index in [9.17, 15) is 0 Å². The third kappa shape index (κ3) is 3.33. The summed E-state index contributed by atoms with van der Waals surface area (Å²) in [7, 11) is 0. The fraction of sp³-hybridized carbons (Fsp3) is 0.259. The molecule has 2 nitrogen and oxygen atoms in total. The van der Waals surface area contributed by atoms with Gasteiger partial charge in [0.2, 0.25) is 0 Å². The molecule has 0 N–H and O–H groups in total. The zero-order valence-corrected chi connectivity index (χ0v) is 17.4. The lowest BCUT2D eigenvalue weighted by molar-refractivity contribution is 1.08. The minimum atomic E-state index is 0.909. The lowest BCUT2D eigenvalue weighted by Crippen LogP contribution is -2.03. The second-order valence-electron chi connectivity index (χ2n) is 8.19. The molecule has 0 spiro atoms. The van der Waals surface area contributed by atoms with Gasteiger partial charge in [-0.3, -0.25) is 9.98 Å². The number of hydrogen-bond donors (Lipinski definition) is 0. The molecule has 0 saturated carbocycles. The van der Waals surface area contributed by atoms with Crippen molar-refractivity contribution in [3.63, 3.8) is 0 Å². The van der Waals surface area contributed by atoms with Crippen LogP contribution in [0.15, 0.2) is 64.6 Å². The largest absolute Gasteiger partial charge is 0.257 e. The van der Waals surface area contributed by atoms with Gasteiger partial charge in [-0.15, -0.1) is 0 Å². The Morgan fingerprint density at radius 3 is 1.86 bits per heavy atom. The van der Waals surface area contributed by atoms with Crippen LogP contribution in [0.5, 0.6) is 0 Å². The molecule has 144 valence electrons. The molecule has 0 amide bonds. The van der Waals surface area contributed by atoms with Crippen LogP contribution in [0.25, 0.3) is 11.1 Å². The predicted octanol–water partition coefficient (Wildman–Crippen LogP) is 6.80. The van der Waals surface area contributed by atoms with Crippen molar-refractivity contribution < 1.29 is 0 Å². The van der Waals surface area contributed by atoms with Crippen LogP contribution in [-0.4, -0.2) is 11.4 Å². The van der Waals surface area contributed by atoms with Gasteiger partial charge in [-0.1, -0.05) is 32.0 Å². The van der Waals surface area contributed by atoms with E-state index < -0.39 is 0 Å². The maximum Gasteiger partial charge on any atom is 0.0669 e. The van der Waals surface area contributed by atoms with Crippen molar-refractivity contribution in [3.8, 4) is 11.1 Å². The summed E-state index contributed by atoms with van der Waals surface area (Å²) in [5.74, 6) is 0. The molecule has 0 unspecified atom stereocenters. The number of nitrogens with zero attached hydrogens (tertiary/aromatic N) is 2. The summed E-state index contributed by atoms with van der Waals surface area (Å²) < 4.78 is 0. The number of aryl methyl sites for hydroxylation is 2. The van der Waals surface area contributed by atoms with Gasteiger partial charge in [-0.25, -0.2) is 0 Å². The summed E-state index contributed by atoms with van der Waals surface area (Å²) in [6, 6.07) is 20.3. The minimum Gasteiger partial charge on any atom is -0.257 e. The molecule has 2 aliphatic heterocycles. The van der Waals surface area contributed by atoms with Gasteiger partial charge in [0.25, 0.3) is 0 Å². The highest BCUT2D eigenvalue weighted by Gasteiger charge is 2.18. The summed E-state index contributed by atoms with van der Waals surface area (Å²) >= 11 is 0. The topological polar surface area (TPSA) is 24.7 Å². The summed E-state index contributed by atoms with van der Waals surface area (Å²) in [6.07, 6.45) is 4.00. The van der Waals surface area contributed by atoms with Crippen LogP contribution in [0, 0.1) is 0 Å². The molecule has 0 fully saturated rings. The van der Waals surface area contributed by atoms with Crippen LogP contribution in [-0.2, 0) is 25.7 Å². The van der Waals surface area contributed by atoms with E-state index in [-0.39, 0.29) is 0 Å². The zero-order valence-electron chi connectivity index (χ0n) is 17.4. The highest BCUT2D eigenvalue weighted by atomic mass is 14.8. The minimum absolute atomic E-state index is 0.909. The summed E-state index contributed by atoms with van der Waals surface area (Å²) in [4.78, 5) is 9.59. The molecule has 0 bridgehead atoms. The van der Waals surface area contributed by atoms with Gasteiger partial charge in [0.05, 0.1) is 17.1 Å². The van der Waals surface area contributed by atoms with Crippen LogP contribution in [0.2, 0.25) is 0 Å². The first-order valence-corrected chi connectivity index (χ1v) is 10.6. The Labute approximate surface area is 173 Å². The number of rotatable bonds is 4. The molecular weight excluding hydrogens is 352 g/mol. The molecule has 0 radical (unpaired) electrons. The molecule has 3 aromatic rings. The van der Waals surface area contributed by atoms with E-state index in [2.05, 4.69) is 80.4 Å². The van der Waals surface area contributed by atoms with Crippen molar-refractivity contribution in [2.75, 3.05) is 0 Å². The number of benzene rings is 3. The Bertz CT molecular complexity index is 1160. The number of hydrogen-bond acceptors (Lipinski definition) is 2. The molecule has 5 rings (SSSR count). The highest BCUT2D eigenvalue weighted by Crippen LogP contribution is 2.36. The smallest absolute Gasteiger partial charge is 0.0669 e. The second-order valence-corrected chi connectivity index (χ2v) is 8.19. The predicted molar refractivity (Wildman–Crippen MR) is 123 cm³/mol. The van der Waals surface area contributed by atoms with Gasteiger partial charge in [0.1, 0.15) is 0 Å². The Morgan fingerprint density at radius 2 is 1.24 bits per heavy atom. The van der Waals surface area contributed by atoms with Crippen LogP contribution >= 0.6 is 0 Å². The summed E-state index contributed by atoms with van der Waals surface area (Å²) in [6.45, 7) is 6.55. The third-order valence-corrected chi connectivity index (χ3v) is 6.07. The first kappa shape index (κ1) is 18.1. The molecule has 29 heavy (non-hydrogen) atoms. The van der Waals surface area contributed by atoms with Crippen LogP contribution in [0.4, 0.5) is 11.4 Å². The maximum atomic E-state index is 4.97. The Morgan fingerprint density at radius 1 is 0.655 bits per heavy atom. The van der Waals surface area contributed by atoms with Gasteiger partial charge in [-0.2, -0.15) is 0 Å². The summed E-state index contributed by atoms with van der Waals surface area (Å²) in [5, 5.41) is 0. The summed E-state index contributed by atoms with van der Waals surface area (Å²) in [5.41, 5.74) is 13.9. The second kappa shape index (κ2) is 7.11. The van der Waals surface area contributed by atoms with Crippen molar-refractivity contribution in [2.45, 2.75) is 46.5 Å². The monoisotopic (exact) mass is 378 g/mol. The van der Waals surface area contributed by atoms with Crippen LogP contribution in [0.3, 0.4) is 0 Å². The highest BCUT2D eigenvalue weighted by molar-refractivity contribution is 6.07. The van der Waals surface area contributed by atoms with Crippen molar-refractivity contribution in [3.05, 3.63) is 82.4 Å². The Hall–Kier alpha value is -3.00. The Balaban J connectivity index is 1.45. The van der Waals surface area contributed by atoms with Crippen LogP contribution in [0.1, 0.15) is 48.6 Å². The fourth-order valence-corrected chi connectivity index (χ4v) is 4.42. The molecule has 2 heteroatoms. The van der Waals surface area contributed by atoms with Gasteiger partial charge < -0.3 is 0 Å². The van der Waals surface area contributed by atoms with Crippen LogP contribution < -0.4 is 0 Å². The molecule has 0 atom stereocenters. The first-order chi connectivity index (χ1) is 14.1. The molecule has 2 aliphatic rings. The molecule has 3 aromatic carbocycles. The van der Waals surface area contributed by atoms with Gasteiger partial charge >= 0.3 is 0 Å². The zero-order chi connectivity index (χ0) is 20.0. The van der Waals surface area contributed by atoms with Crippen molar-refractivity contribution >= 4 is 22.8 Å². The average Bonchev–Trinajstić information content (AvgIpc) is 3.34. The van der Waals surface area contributed by atoms with E-state index in [1.807, 2.05) is 0 Å². The first-order valence-electron chi connectivity index (χ1n) is 10.6. The molecule has 0 saturated heterocycles. The standard InChI is InChI=1S/C27H26N2/c1-4-18-11-19(5-2)13-23(12-18)27-16-24-15-21(7-9-26(24)29-27)20-6-8-25-22(14-20)10-17(3)28-25/h6-9,11-15H,4-5,10,16H2,1-3H3. The van der Waals surface area contributed by atoms with E-state index >= 15 is 0 Å². The van der Waals surface area contributed by atoms with Gasteiger partial charge in [-0.05, 0) is 95.1 Å². The molecule has 2 heterocycles. The number of fused-ring (bicyclic) bond motifs is 2. The lowest BCUT2D eigenvalue weighted by atomic mass is 9.95. The quantitative estimate of drug-likeness (QED) is 0.477. The van der Waals surface area contributed by atoms with Crippen molar-refractivity contribution in [1.29, 1.82) is 0 Å². The Kier molecular flexibility index (Phi) is 4.43. The normalized spacial score (nSPS) is 14.4. The SMILES string of the molecule is CCc1cc(CC)cc(C2=Nc3ccc(-c4ccc5c(c4)CC(C)=N5)cc3C2)c1. The molecule has 0 aromatic heterocycles. The van der Waals surface area contributed by atoms with E-state index in [0.717, 1.165) is 37.1 Å². The van der Waals surface area contributed by atoms with Gasteiger partial charge in [0.15, 0.2) is 0 Å². The maximum absolute atomic E-state index is 4.97. The van der Waals surface area contributed by atoms with E-state index in [0.29, 0.717) is 0 Å². The van der Waals surface area contributed by atoms with Gasteiger partial charge in [0, 0.05) is 18.6 Å². The lowest BCUT2D eigenvalue weighted by Gasteiger charge is -2.08. The van der Waals surface area contributed by atoms with Crippen molar-refractivity contribution in [2.24, 2.45) is 9.98 Å². The van der Waals surface area contributed by atoms with Crippen molar-refractivity contribution in [1.82, 2.24) is 0 Å².